The number of ether oxygens (including phenoxy) is 2. The van der Waals surface area contributed by atoms with Gasteiger partial charge in [-0.2, -0.15) is 0 Å². The van der Waals surface area contributed by atoms with E-state index in [2.05, 4.69) is 109 Å². The summed E-state index contributed by atoms with van der Waals surface area (Å²) in [4.78, 5) is 0. The van der Waals surface area contributed by atoms with Crippen LogP contribution in [0.15, 0.2) is 67.8 Å². The Hall–Kier alpha value is -1.65. The Morgan fingerprint density at radius 3 is 1.69 bits per heavy atom. The summed E-state index contributed by atoms with van der Waals surface area (Å²) in [6.45, 7) is 31.2. The Morgan fingerprint density at radius 1 is 0.762 bits per heavy atom. The molecule has 0 amide bonds. The van der Waals surface area contributed by atoms with Crippen LogP contribution in [0.4, 0.5) is 0 Å². The van der Waals surface area contributed by atoms with Crippen molar-refractivity contribution in [3.05, 3.63) is 84.5 Å². The molecule has 2 aromatic carbocycles. The summed E-state index contributed by atoms with van der Waals surface area (Å²) >= 11 is 3.13. The SMILES string of the molecule is C.C=CCBr.C=CCc1c(CO[Si](C)(C)C(C)(C)C)cccc1OC.COc1cccc(CO[Si](C)(C)C(C)(C)C)c1. The average Bonchev–Trinajstić information content (AvgIpc) is 2.91. The van der Waals surface area contributed by atoms with Crippen LogP contribution in [0.5, 0.6) is 11.5 Å². The number of halogens is 1. The van der Waals surface area contributed by atoms with Gasteiger partial charge in [-0.05, 0) is 72.0 Å². The first-order chi connectivity index (χ1) is 18.9. The lowest BCUT2D eigenvalue weighted by Crippen LogP contribution is -2.40. The number of hydrogen-bond donors (Lipinski definition) is 0. The number of rotatable bonds is 11. The van der Waals surface area contributed by atoms with Gasteiger partial charge in [-0.25, -0.2) is 0 Å². The normalized spacial score (nSPS) is 11.5. The van der Waals surface area contributed by atoms with Gasteiger partial charge in [0, 0.05) is 10.9 Å². The molecular formula is C35H61BrO4Si2. The summed E-state index contributed by atoms with van der Waals surface area (Å²) in [6.07, 6.45) is 4.51. The first-order valence-corrected chi connectivity index (χ1v) is 21.2. The molecule has 0 aliphatic rings. The van der Waals surface area contributed by atoms with Gasteiger partial charge in [0.2, 0.25) is 0 Å². The molecule has 0 aromatic heterocycles. The minimum absolute atomic E-state index is 0. The summed E-state index contributed by atoms with van der Waals surface area (Å²) in [5.74, 6) is 1.81. The predicted molar refractivity (Wildman–Crippen MR) is 195 cm³/mol. The average molecular weight is 682 g/mol. The van der Waals surface area contributed by atoms with Crippen LogP contribution < -0.4 is 9.47 Å². The molecule has 0 fully saturated rings. The predicted octanol–water partition coefficient (Wildman–Crippen LogP) is 11.4. The van der Waals surface area contributed by atoms with Crippen LogP contribution in [0, 0.1) is 0 Å². The lowest BCUT2D eigenvalue weighted by Gasteiger charge is -2.36. The molecule has 0 atom stereocenters. The standard InChI is InChI=1S/C17H28O2Si.C14H24O2Si.C3H5Br.CH4/c1-8-10-15-14(11-9-12-16(15)18-5)13-19-20(6,7)17(2,3)4;1-14(2,3)17(5,6)16-11-12-8-7-9-13(10-12)15-4;1-2-3-4;/h8-9,11-12H,1,10,13H2,2-7H3;7-10H,11H2,1-6H3;2H,1,3H2;1H4. The van der Waals surface area contributed by atoms with Gasteiger partial charge in [-0.15, -0.1) is 13.2 Å². The largest absolute Gasteiger partial charge is 0.497 e. The molecule has 0 aliphatic carbocycles. The van der Waals surface area contributed by atoms with Crippen molar-refractivity contribution in [3.63, 3.8) is 0 Å². The van der Waals surface area contributed by atoms with E-state index in [4.69, 9.17) is 18.3 Å². The summed E-state index contributed by atoms with van der Waals surface area (Å²) < 4.78 is 23.1. The van der Waals surface area contributed by atoms with Crippen molar-refractivity contribution in [2.24, 2.45) is 0 Å². The molecule has 0 heterocycles. The van der Waals surface area contributed by atoms with E-state index in [0.717, 1.165) is 23.2 Å². The van der Waals surface area contributed by atoms with Crippen LogP contribution >= 0.6 is 15.9 Å². The van der Waals surface area contributed by atoms with Gasteiger partial charge >= 0.3 is 0 Å². The van der Waals surface area contributed by atoms with E-state index in [1.807, 2.05) is 36.4 Å². The highest BCUT2D eigenvalue weighted by molar-refractivity contribution is 9.09. The smallest absolute Gasteiger partial charge is 0.192 e. The van der Waals surface area contributed by atoms with E-state index in [1.54, 1.807) is 20.3 Å². The van der Waals surface area contributed by atoms with Gasteiger partial charge < -0.3 is 18.3 Å². The van der Waals surface area contributed by atoms with E-state index < -0.39 is 16.6 Å². The molecule has 0 spiro atoms. The maximum atomic E-state index is 6.32. The van der Waals surface area contributed by atoms with Gasteiger partial charge in [0.1, 0.15) is 11.5 Å². The fourth-order valence-corrected chi connectivity index (χ4v) is 4.94. The Morgan fingerprint density at radius 2 is 1.26 bits per heavy atom. The van der Waals surface area contributed by atoms with Crippen molar-refractivity contribution in [3.8, 4) is 11.5 Å². The van der Waals surface area contributed by atoms with Crippen molar-refractivity contribution in [1.82, 2.24) is 0 Å². The topological polar surface area (TPSA) is 36.9 Å². The Labute approximate surface area is 270 Å². The van der Waals surface area contributed by atoms with Crippen molar-refractivity contribution < 1.29 is 18.3 Å². The highest BCUT2D eigenvalue weighted by Crippen LogP contribution is 2.38. The molecule has 0 N–H and O–H groups in total. The second-order valence-corrected chi connectivity index (χ2v) is 23.2. The molecule has 0 radical (unpaired) electrons. The molecule has 0 aliphatic heterocycles. The molecule has 0 unspecified atom stereocenters. The second-order valence-electron chi connectivity index (χ2n) is 13.0. The van der Waals surface area contributed by atoms with Crippen LogP contribution in [0.3, 0.4) is 0 Å². The summed E-state index contributed by atoms with van der Waals surface area (Å²) in [5, 5.41) is 1.38. The molecule has 7 heteroatoms. The number of benzene rings is 2. The third kappa shape index (κ3) is 14.7. The Kier molecular flexibility index (Phi) is 19.8. The fourth-order valence-electron chi connectivity index (χ4n) is 3.03. The van der Waals surface area contributed by atoms with Crippen molar-refractivity contribution in [2.75, 3.05) is 19.5 Å². The van der Waals surface area contributed by atoms with Crippen LogP contribution in [-0.2, 0) is 28.5 Å². The van der Waals surface area contributed by atoms with Crippen LogP contribution in [0.2, 0.25) is 36.3 Å². The zero-order chi connectivity index (χ0) is 31.9. The molecule has 42 heavy (non-hydrogen) atoms. The zero-order valence-electron chi connectivity index (χ0n) is 27.9. The van der Waals surface area contributed by atoms with E-state index in [0.29, 0.717) is 13.2 Å². The molecule has 0 saturated carbocycles. The van der Waals surface area contributed by atoms with Crippen LogP contribution in [-0.4, -0.2) is 36.2 Å². The number of alkyl halides is 1. The zero-order valence-corrected chi connectivity index (χ0v) is 31.5. The minimum Gasteiger partial charge on any atom is -0.497 e. The second kappa shape index (κ2) is 19.6. The maximum Gasteiger partial charge on any atom is 0.192 e. The van der Waals surface area contributed by atoms with E-state index >= 15 is 0 Å². The highest BCUT2D eigenvalue weighted by Gasteiger charge is 2.38. The highest BCUT2D eigenvalue weighted by atomic mass is 79.9. The molecule has 2 aromatic rings. The van der Waals surface area contributed by atoms with Gasteiger partial charge in [-0.3, -0.25) is 0 Å². The third-order valence-electron chi connectivity index (χ3n) is 7.84. The molecule has 2 rings (SSSR count). The number of allylic oxidation sites excluding steroid dienone is 2. The Balaban J connectivity index is 0. The summed E-state index contributed by atoms with van der Waals surface area (Å²) in [7, 11) is 0.0132. The lowest BCUT2D eigenvalue weighted by atomic mass is 10.0. The van der Waals surface area contributed by atoms with Crippen molar-refractivity contribution >= 4 is 32.6 Å². The van der Waals surface area contributed by atoms with Gasteiger partial charge in [0.25, 0.3) is 0 Å². The fraction of sp³-hybridized carbons (Fsp3) is 0.543. The summed E-state index contributed by atoms with van der Waals surface area (Å²) in [6, 6.07) is 14.2. The first kappa shape index (κ1) is 42.5. The monoisotopic (exact) mass is 680 g/mol. The molecule has 0 saturated heterocycles. The Bertz CT molecular complexity index is 1050. The first-order valence-electron chi connectivity index (χ1n) is 14.2. The van der Waals surface area contributed by atoms with Gasteiger partial charge in [0.15, 0.2) is 16.6 Å². The number of hydrogen-bond acceptors (Lipinski definition) is 4. The van der Waals surface area contributed by atoms with Crippen molar-refractivity contribution in [2.45, 2.75) is 105 Å². The molecule has 0 bridgehead atoms. The maximum absolute atomic E-state index is 6.32. The van der Waals surface area contributed by atoms with Gasteiger partial charge in [-0.1, -0.05) is 101 Å². The van der Waals surface area contributed by atoms with E-state index in [-0.39, 0.29) is 17.5 Å². The molecule has 240 valence electrons. The van der Waals surface area contributed by atoms with E-state index in [1.165, 1.54) is 16.7 Å². The molecular weight excluding hydrogens is 620 g/mol. The van der Waals surface area contributed by atoms with Crippen LogP contribution in [0.25, 0.3) is 0 Å². The quantitative estimate of drug-likeness (QED) is 0.134. The van der Waals surface area contributed by atoms with Gasteiger partial charge in [0.05, 0.1) is 27.4 Å². The van der Waals surface area contributed by atoms with Crippen LogP contribution in [0.1, 0.15) is 65.7 Å². The van der Waals surface area contributed by atoms with E-state index in [9.17, 15) is 0 Å². The third-order valence-corrected chi connectivity index (χ3v) is 17.3. The molecule has 4 nitrogen and oxygen atoms in total. The van der Waals surface area contributed by atoms with Crippen molar-refractivity contribution in [1.29, 1.82) is 0 Å². The summed E-state index contributed by atoms with van der Waals surface area (Å²) in [5.41, 5.74) is 3.56. The number of methoxy groups -OCH3 is 2. The minimum atomic E-state index is -1.73. The lowest BCUT2D eigenvalue weighted by molar-refractivity contribution is 0.274.